The normalized spacial score (nSPS) is 9.69. The van der Waals surface area contributed by atoms with Gasteiger partial charge in [-0.05, 0) is 12.1 Å². The number of hydrogen-bond acceptors (Lipinski definition) is 7. The predicted octanol–water partition coefficient (Wildman–Crippen LogP) is 3.17. The number of nitrogens with zero attached hydrogens (tertiary/aromatic N) is 2. The van der Waals surface area contributed by atoms with E-state index in [-0.39, 0.29) is 21.9 Å². The van der Waals surface area contributed by atoms with Crippen molar-refractivity contribution in [2.75, 3.05) is 0 Å². The summed E-state index contributed by atoms with van der Waals surface area (Å²) in [5, 5.41) is 28.3. The molecular formula is C17H12N2O6S. The molecule has 0 bridgehead atoms. The Kier molecular flexibility index (Phi) is 6.12. The molecule has 0 spiro atoms. The van der Waals surface area contributed by atoms with Gasteiger partial charge >= 0.3 is 5.97 Å². The molecular weight excluding hydrogens is 360 g/mol. The molecule has 0 aliphatic rings. The molecule has 132 valence electrons. The molecule has 1 heterocycles. The number of aromatic carboxylic acids is 1. The largest absolute Gasteiger partial charge is 0.493 e. The van der Waals surface area contributed by atoms with Crippen LogP contribution in [0.15, 0.2) is 65.5 Å². The lowest BCUT2D eigenvalue weighted by Crippen LogP contribution is -1.96. The number of non-ortho nitro benzene ring substituents is 1. The van der Waals surface area contributed by atoms with Crippen LogP contribution in [0.5, 0.6) is 5.88 Å². The Balaban J connectivity index is 0.000000190. The zero-order valence-corrected chi connectivity index (χ0v) is 13.9. The second-order valence-corrected chi connectivity index (χ2v) is 5.81. The molecule has 0 radical (unpaired) electrons. The number of carboxylic acid groups (broad SMARTS) is 1. The van der Waals surface area contributed by atoms with E-state index in [1.165, 1.54) is 12.1 Å². The number of carbonyl (C=O) groups is 1. The molecule has 3 aromatic rings. The van der Waals surface area contributed by atoms with E-state index in [9.17, 15) is 19.7 Å². The minimum atomic E-state index is -1.09. The summed E-state index contributed by atoms with van der Waals surface area (Å²) in [6.07, 6.45) is 0. The SMILES string of the molecule is O=C(O)c1ccc([N+](=O)[O-])cc1.O=c1cc(O)nc(-c2ccccc2)s1. The Labute approximate surface area is 150 Å². The molecule has 9 heteroatoms. The third-order valence-corrected chi connectivity index (χ3v) is 3.85. The van der Waals surface area contributed by atoms with Gasteiger partial charge in [0.15, 0.2) is 0 Å². The molecule has 2 N–H and O–H groups in total. The molecule has 0 saturated heterocycles. The number of aromatic hydroxyl groups is 1. The van der Waals surface area contributed by atoms with Gasteiger partial charge in [0.05, 0.1) is 16.6 Å². The first kappa shape index (κ1) is 18.7. The molecule has 3 rings (SSSR count). The van der Waals surface area contributed by atoms with Crippen molar-refractivity contribution in [2.45, 2.75) is 0 Å². The summed E-state index contributed by atoms with van der Waals surface area (Å²) in [6.45, 7) is 0. The van der Waals surface area contributed by atoms with Gasteiger partial charge in [0.25, 0.3) is 5.69 Å². The summed E-state index contributed by atoms with van der Waals surface area (Å²) in [4.78, 5) is 34.9. The monoisotopic (exact) mass is 372 g/mol. The number of rotatable bonds is 3. The van der Waals surface area contributed by atoms with Gasteiger partial charge in [-0.3, -0.25) is 14.9 Å². The standard InChI is InChI=1S/C10H7NO2S.C7H5NO4/c12-8-6-9(13)14-10(11-8)7-4-2-1-3-5-7;9-7(10)5-1-3-6(4-2-5)8(11)12/h1-6,12H;1-4H,(H,9,10). The molecule has 0 atom stereocenters. The van der Waals surface area contributed by atoms with Gasteiger partial charge in [-0.1, -0.05) is 41.7 Å². The van der Waals surface area contributed by atoms with Crippen LogP contribution in [0.25, 0.3) is 10.6 Å². The van der Waals surface area contributed by atoms with Crippen LogP contribution in [0.2, 0.25) is 0 Å². The molecule has 0 aliphatic heterocycles. The minimum absolute atomic E-state index is 0.0422. The highest BCUT2D eigenvalue weighted by Crippen LogP contribution is 2.20. The first-order valence-corrected chi connectivity index (χ1v) is 7.93. The maximum absolute atomic E-state index is 11.1. The number of nitro benzene ring substituents is 1. The summed E-state index contributed by atoms with van der Waals surface area (Å²) >= 11 is 1.02. The second-order valence-electron chi connectivity index (χ2n) is 4.82. The van der Waals surface area contributed by atoms with Crippen LogP contribution in [-0.2, 0) is 0 Å². The summed E-state index contributed by atoms with van der Waals surface area (Å²) in [7, 11) is 0. The molecule has 26 heavy (non-hydrogen) atoms. The first-order valence-electron chi connectivity index (χ1n) is 7.11. The van der Waals surface area contributed by atoms with Gasteiger partial charge in [0.2, 0.25) is 10.6 Å². The van der Waals surface area contributed by atoms with E-state index in [0.29, 0.717) is 5.01 Å². The predicted molar refractivity (Wildman–Crippen MR) is 95.5 cm³/mol. The van der Waals surface area contributed by atoms with E-state index in [1.54, 1.807) is 0 Å². The van der Waals surface area contributed by atoms with E-state index >= 15 is 0 Å². The third kappa shape index (κ3) is 5.21. The quantitative estimate of drug-likeness (QED) is 0.533. The fourth-order valence-corrected chi connectivity index (χ4v) is 2.57. The number of carboxylic acids is 1. The Hall–Kier alpha value is -3.59. The highest BCUT2D eigenvalue weighted by molar-refractivity contribution is 7.12. The molecule has 8 nitrogen and oxygen atoms in total. The van der Waals surface area contributed by atoms with Crippen LogP contribution in [0.4, 0.5) is 5.69 Å². The number of benzene rings is 2. The van der Waals surface area contributed by atoms with E-state index in [4.69, 9.17) is 10.2 Å². The average molecular weight is 372 g/mol. The van der Waals surface area contributed by atoms with Crippen LogP contribution < -0.4 is 4.74 Å². The fourth-order valence-electron chi connectivity index (χ4n) is 1.82. The summed E-state index contributed by atoms with van der Waals surface area (Å²) in [5.41, 5.74) is 0.770. The van der Waals surface area contributed by atoms with Crippen molar-refractivity contribution >= 4 is 23.0 Å². The average Bonchev–Trinajstić information content (AvgIpc) is 2.62. The highest BCUT2D eigenvalue weighted by Gasteiger charge is 2.07. The van der Waals surface area contributed by atoms with Crippen molar-refractivity contribution < 1.29 is 19.9 Å². The highest BCUT2D eigenvalue weighted by atomic mass is 32.1. The van der Waals surface area contributed by atoms with Crippen LogP contribution in [-0.4, -0.2) is 26.1 Å². The number of hydrogen-bond donors (Lipinski definition) is 2. The van der Waals surface area contributed by atoms with Gasteiger partial charge in [0.1, 0.15) is 5.01 Å². The van der Waals surface area contributed by atoms with Crippen LogP contribution in [0.1, 0.15) is 10.4 Å². The minimum Gasteiger partial charge on any atom is -0.493 e. The Morgan fingerprint density at radius 2 is 1.69 bits per heavy atom. The lowest BCUT2D eigenvalue weighted by atomic mass is 10.2. The van der Waals surface area contributed by atoms with Crippen molar-refractivity contribution in [3.8, 4) is 16.5 Å². The second kappa shape index (κ2) is 8.49. The van der Waals surface area contributed by atoms with Gasteiger partial charge in [-0.2, -0.15) is 0 Å². The van der Waals surface area contributed by atoms with Crippen LogP contribution in [0.3, 0.4) is 0 Å². The molecule has 0 saturated carbocycles. The maximum Gasteiger partial charge on any atom is 0.335 e. The van der Waals surface area contributed by atoms with Crippen molar-refractivity contribution in [3.63, 3.8) is 0 Å². The van der Waals surface area contributed by atoms with Crippen LogP contribution in [0, 0.1) is 10.1 Å². The zero-order chi connectivity index (χ0) is 19.1. The Bertz CT molecular complexity index is 938. The molecule has 0 unspecified atom stereocenters. The zero-order valence-electron chi connectivity index (χ0n) is 13.1. The van der Waals surface area contributed by atoms with Gasteiger partial charge in [0, 0.05) is 17.7 Å². The Morgan fingerprint density at radius 3 is 2.19 bits per heavy atom. The van der Waals surface area contributed by atoms with E-state index in [1.807, 2.05) is 30.3 Å². The number of nitro groups is 1. The molecule has 0 aliphatic carbocycles. The van der Waals surface area contributed by atoms with E-state index in [2.05, 4.69) is 4.98 Å². The third-order valence-electron chi connectivity index (χ3n) is 3.01. The molecule has 1 aromatic heterocycles. The van der Waals surface area contributed by atoms with Gasteiger partial charge in [-0.15, -0.1) is 0 Å². The summed E-state index contributed by atoms with van der Waals surface area (Å²) in [6, 6.07) is 15.1. The van der Waals surface area contributed by atoms with Crippen molar-refractivity contribution in [2.24, 2.45) is 0 Å². The molecule has 0 fully saturated rings. The molecule has 2 aromatic carbocycles. The van der Waals surface area contributed by atoms with Gasteiger partial charge < -0.3 is 10.2 Å². The van der Waals surface area contributed by atoms with Crippen molar-refractivity contribution in [1.82, 2.24) is 4.98 Å². The lowest BCUT2D eigenvalue weighted by Gasteiger charge is -1.98. The van der Waals surface area contributed by atoms with Crippen LogP contribution >= 0.6 is 11.3 Å². The summed E-state index contributed by atoms with van der Waals surface area (Å²) in [5.74, 6) is -1.32. The lowest BCUT2D eigenvalue weighted by molar-refractivity contribution is -0.384. The first-order chi connectivity index (χ1) is 12.4. The van der Waals surface area contributed by atoms with Crippen molar-refractivity contribution in [1.29, 1.82) is 0 Å². The van der Waals surface area contributed by atoms with Gasteiger partial charge in [-0.25, -0.2) is 9.78 Å². The maximum atomic E-state index is 11.1. The van der Waals surface area contributed by atoms with Crippen molar-refractivity contribution in [3.05, 3.63) is 85.9 Å². The number of aromatic nitrogens is 1. The topological polar surface area (TPSA) is 131 Å². The Morgan fingerprint density at radius 1 is 1.08 bits per heavy atom. The fraction of sp³-hybridized carbons (Fsp3) is 0. The van der Waals surface area contributed by atoms with E-state index in [0.717, 1.165) is 35.1 Å². The molecule has 0 amide bonds. The summed E-state index contributed by atoms with van der Waals surface area (Å²) < 4.78 is -0.198. The smallest absolute Gasteiger partial charge is 0.335 e. The van der Waals surface area contributed by atoms with E-state index < -0.39 is 10.9 Å².